The zero-order valence-electron chi connectivity index (χ0n) is 22.5. The molecule has 2 aromatic heterocycles. The number of nitrogens with zero attached hydrogens (tertiary/aromatic N) is 4. The number of fused-ring (bicyclic) bond motifs is 1. The summed E-state index contributed by atoms with van der Waals surface area (Å²) in [5.41, 5.74) is -3.27. The van der Waals surface area contributed by atoms with Crippen LogP contribution in [-0.2, 0) is 17.5 Å². The van der Waals surface area contributed by atoms with E-state index in [0.717, 1.165) is 59.9 Å². The molecule has 1 aliphatic carbocycles. The normalized spacial score (nSPS) is 14.5. The second-order valence-corrected chi connectivity index (χ2v) is 10.1. The highest BCUT2D eigenvalue weighted by Crippen LogP contribution is 2.35. The molecular weight excluding hydrogens is 544 g/mol. The molecule has 8 nitrogen and oxygen atoms in total. The Labute approximate surface area is 231 Å². The lowest BCUT2D eigenvalue weighted by molar-refractivity contribution is -0.140. The van der Waals surface area contributed by atoms with E-state index >= 15 is 0 Å². The number of carbonyl (C=O) groups excluding carboxylic acids is 1. The number of aryl methyl sites for hydroxylation is 1. The molecule has 4 aromatic rings. The lowest BCUT2D eigenvalue weighted by Gasteiger charge is -2.25. The summed E-state index contributed by atoms with van der Waals surface area (Å²) in [6.45, 7) is 2.42. The molecule has 0 radical (unpaired) electrons. The predicted octanol–water partition coefficient (Wildman–Crippen LogP) is 5.55. The van der Waals surface area contributed by atoms with E-state index in [1.165, 1.54) is 13.3 Å². The van der Waals surface area contributed by atoms with Crippen molar-refractivity contribution in [3.63, 3.8) is 0 Å². The van der Waals surface area contributed by atoms with Gasteiger partial charge in [0.15, 0.2) is 0 Å². The Bertz CT molecular complexity index is 1750. The first kappa shape index (κ1) is 28.3. The van der Waals surface area contributed by atoms with Crippen LogP contribution in [-0.4, -0.2) is 31.3 Å². The van der Waals surface area contributed by atoms with Crippen molar-refractivity contribution in [2.75, 3.05) is 6.61 Å². The summed E-state index contributed by atoms with van der Waals surface area (Å²) in [5, 5.41) is 0. The first-order chi connectivity index (χ1) is 19.5. The molecule has 216 valence electrons. The minimum atomic E-state index is -5.08. The van der Waals surface area contributed by atoms with E-state index in [1.807, 2.05) is 6.92 Å². The Balaban J connectivity index is 1.68. The van der Waals surface area contributed by atoms with Crippen molar-refractivity contribution in [1.29, 1.82) is 0 Å². The van der Waals surface area contributed by atoms with Gasteiger partial charge in [0, 0.05) is 12.2 Å². The molecule has 2 heterocycles. The maximum Gasteiger partial charge on any atom is 0.419 e. The average molecular weight is 573 g/mol. The van der Waals surface area contributed by atoms with Gasteiger partial charge in [-0.3, -0.25) is 13.9 Å². The fraction of sp³-hybridized carbons (Fsp3) is 0.379. The summed E-state index contributed by atoms with van der Waals surface area (Å²) < 4.78 is 63.9. The van der Waals surface area contributed by atoms with E-state index in [9.17, 15) is 31.9 Å². The van der Waals surface area contributed by atoms with Gasteiger partial charge in [-0.2, -0.15) is 13.2 Å². The molecule has 1 saturated carbocycles. The molecule has 0 amide bonds. The Hall–Kier alpha value is -4.22. The Morgan fingerprint density at radius 3 is 2.51 bits per heavy atom. The van der Waals surface area contributed by atoms with Crippen LogP contribution in [0.2, 0.25) is 0 Å². The molecule has 0 bridgehead atoms. The highest BCUT2D eigenvalue weighted by Gasteiger charge is 2.37. The van der Waals surface area contributed by atoms with Gasteiger partial charge in [0.2, 0.25) is 0 Å². The molecule has 1 fully saturated rings. The van der Waals surface area contributed by atoms with Crippen LogP contribution in [0.25, 0.3) is 16.7 Å². The van der Waals surface area contributed by atoms with Crippen molar-refractivity contribution >= 4 is 17.0 Å². The fourth-order valence-corrected chi connectivity index (χ4v) is 5.62. The Morgan fingerprint density at radius 1 is 1.10 bits per heavy atom. The zero-order chi connectivity index (χ0) is 29.5. The number of benzene rings is 2. The van der Waals surface area contributed by atoms with Crippen molar-refractivity contribution in [2.45, 2.75) is 64.7 Å². The lowest BCUT2D eigenvalue weighted by Crippen LogP contribution is -2.42. The molecule has 0 atom stereocenters. The summed E-state index contributed by atoms with van der Waals surface area (Å²) in [7, 11) is 0. The van der Waals surface area contributed by atoms with Crippen LogP contribution in [0.1, 0.15) is 72.4 Å². The summed E-state index contributed by atoms with van der Waals surface area (Å²) in [6.07, 6.45) is 1.42. The summed E-state index contributed by atoms with van der Waals surface area (Å²) in [6, 6.07) is 8.01. The first-order valence-corrected chi connectivity index (χ1v) is 13.4. The maximum absolute atomic E-state index is 14.2. The van der Waals surface area contributed by atoms with Crippen molar-refractivity contribution in [2.24, 2.45) is 0 Å². The third-order valence-electron chi connectivity index (χ3n) is 7.45. The minimum absolute atomic E-state index is 0.0800. The van der Waals surface area contributed by atoms with Gasteiger partial charge in [0.05, 0.1) is 35.4 Å². The quantitative estimate of drug-likeness (QED) is 0.224. The third kappa shape index (κ3) is 5.30. The second kappa shape index (κ2) is 11.0. The van der Waals surface area contributed by atoms with Gasteiger partial charge in [-0.05, 0) is 56.5 Å². The van der Waals surface area contributed by atoms with Gasteiger partial charge in [0.1, 0.15) is 17.2 Å². The Morgan fingerprint density at radius 2 is 1.83 bits per heavy atom. The number of hydrogen-bond acceptors (Lipinski definition) is 5. The molecule has 0 aliphatic heterocycles. The predicted molar refractivity (Wildman–Crippen MR) is 143 cm³/mol. The molecule has 0 N–H and O–H groups in total. The summed E-state index contributed by atoms with van der Waals surface area (Å²) >= 11 is 0. The van der Waals surface area contributed by atoms with Crippen LogP contribution in [0.4, 0.5) is 17.6 Å². The van der Waals surface area contributed by atoms with Crippen LogP contribution in [0.3, 0.4) is 0 Å². The highest BCUT2D eigenvalue weighted by molar-refractivity contribution is 5.88. The fourth-order valence-electron chi connectivity index (χ4n) is 5.62. The number of imidazole rings is 1. The third-order valence-corrected chi connectivity index (χ3v) is 7.45. The van der Waals surface area contributed by atoms with Gasteiger partial charge in [-0.1, -0.05) is 31.4 Å². The van der Waals surface area contributed by atoms with E-state index in [-0.39, 0.29) is 12.3 Å². The monoisotopic (exact) mass is 572 g/mol. The number of carbonyl (C=O) groups is 1. The topological polar surface area (TPSA) is 88.1 Å². The number of aromatic nitrogens is 4. The van der Waals surface area contributed by atoms with Crippen LogP contribution in [0.15, 0.2) is 52.2 Å². The molecule has 0 saturated heterocycles. The van der Waals surface area contributed by atoms with Gasteiger partial charge >= 0.3 is 17.8 Å². The molecule has 2 aromatic carbocycles. The van der Waals surface area contributed by atoms with E-state index < -0.39 is 52.4 Å². The van der Waals surface area contributed by atoms with Gasteiger partial charge in [0.25, 0.3) is 5.56 Å². The minimum Gasteiger partial charge on any atom is -0.462 e. The summed E-state index contributed by atoms with van der Waals surface area (Å²) in [5.74, 6) is -1.78. The van der Waals surface area contributed by atoms with Gasteiger partial charge in [-0.25, -0.2) is 19.0 Å². The molecular formula is C29H28F4N4O4. The van der Waals surface area contributed by atoms with Crippen molar-refractivity contribution in [1.82, 2.24) is 18.7 Å². The molecule has 0 spiro atoms. The van der Waals surface area contributed by atoms with Crippen LogP contribution >= 0.6 is 0 Å². The zero-order valence-corrected chi connectivity index (χ0v) is 22.5. The number of halogens is 4. The van der Waals surface area contributed by atoms with Crippen molar-refractivity contribution < 1.29 is 27.1 Å². The van der Waals surface area contributed by atoms with E-state index in [1.54, 1.807) is 18.2 Å². The number of esters is 1. The van der Waals surface area contributed by atoms with E-state index in [4.69, 9.17) is 4.74 Å². The maximum atomic E-state index is 14.2. The SMILES string of the molecule is CCOC(=O)c1cn(-c2ccc3c(c2)nc(C)n3C2CCCCC2)c(=O)n(Cc2cccc(F)c2C(F)(F)F)c1=O. The Kier molecular flexibility index (Phi) is 7.58. The lowest BCUT2D eigenvalue weighted by atomic mass is 9.95. The van der Waals surface area contributed by atoms with Gasteiger partial charge in [-0.15, -0.1) is 0 Å². The van der Waals surface area contributed by atoms with Crippen molar-refractivity contribution in [3.05, 3.63) is 91.8 Å². The standard InChI is InChI=1S/C29H28F4N4O4/c1-3-41-27(39)21-16-35(20-12-13-24-23(14-20)34-17(2)37(24)19-9-5-4-6-10-19)28(40)36(26(21)38)15-18-8-7-11-22(30)25(18)29(31,32)33/h7-8,11-14,16,19H,3-6,9-10,15H2,1-2H3. The second-order valence-electron chi connectivity index (χ2n) is 10.1. The molecule has 12 heteroatoms. The van der Waals surface area contributed by atoms with Crippen LogP contribution in [0.5, 0.6) is 0 Å². The average Bonchev–Trinajstić information content (AvgIpc) is 3.25. The number of alkyl halides is 3. The highest BCUT2D eigenvalue weighted by atomic mass is 19.4. The molecule has 5 rings (SSSR count). The number of rotatable bonds is 6. The largest absolute Gasteiger partial charge is 0.462 e. The molecule has 41 heavy (non-hydrogen) atoms. The van der Waals surface area contributed by atoms with E-state index in [0.29, 0.717) is 22.2 Å². The number of ether oxygens (including phenoxy) is 1. The van der Waals surface area contributed by atoms with Crippen molar-refractivity contribution in [3.8, 4) is 5.69 Å². The van der Waals surface area contributed by atoms with E-state index in [2.05, 4.69) is 9.55 Å². The van der Waals surface area contributed by atoms with Crippen LogP contribution in [0, 0.1) is 12.7 Å². The molecule has 1 aliphatic rings. The smallest absolute Gasteiger partial charge is 0.419 e. The summed E-state index contributed by atoms with van der Waals surface area (Å²) in [4.78, 5) is 44.2. The first-order valence-electron chi connectivity index (χ1n) is 13.4. The van der Waals surface area contributed by atoms with Gasteiger partial charge < -0.3 is 9.30 Å². The molecule has 0 unspecified atom stereocenters. The van der Waals surface area contributed by atoms with Crippen LogP contribution < -0.4 is 11.2 Å². The number of hydrogen-bond donors (Lipinski definition) is 0.